The number of halogens is 2. The molecule has 2 aromatic rings. The lowest BCUT2D eigenvalue weighted by molar-refractivity contribution is -0.884. The molecule has 1 fully saturated rings. The molecule has 2 aliphatic rings. The smallest absolute Gasteiger partial charge is 0.269 e. The molecular formula is C27H33Cl2N4O3S2+. The summed E-state index contributed by atoms with van der Waals surface area (Å²) < 4.78 is 0.773. The van der Waals surface area contributed by atoms with Crippen LogP contribution < -0.4 is 11.1 Å². The van der Waals surface area contributed by atoms with Crippen LogP contribution in [0.1, 0.15) is 6.42 Å². The summed E-state index contributed by atoms with van der Waals surface area (Å²) in [4.78, 5) is 40.3. The Morgan fingerprint density at radius 2 is 1.97 bits per heavy atom. The van der Waals surface area contributed by atoms with E-state index >= 15 is 0 Å². The summed E-state index contributed by atoms with van der Waals surface area (Å²) in [5, 5.41) is 4.11. The second-order valence-electron chi connectivity index (χ2n) is 9.79. The van der Waals surface area contributed by atoms with Gasteiger partial charge in [-0.1, -0.05) is 36.4 Å². The first kappa shape index (κ1) is 30.5. The van der Waals surface area contributed by atoms with E-state index in [9.17, 15) is 14.4 Å². The van der Waals surface area contributed by atoms with Crippen molar-refractivity contribution in [3.05, 3.63) is 65.9 Å². The van der Waals surface area contributed by atoms with E-state index in [1.807, 2.05) is 48.6 Å². The van der Waals surface area contributed by atoms with Gasteiger partial charge in [-0.3, -0.25) is 19.3 Å². The van der Waals surface area contributed by atoms with E-state index in [0.29, 0.717) is 12.3 Å². The van der Waals surface area contributed by atoms with Crippen molar-refractivity contribution in [3.8, 4) is 0 Å². The molecule has 0 spiro atoms. The van der Waals surface area contributed by atoms with Crippen LogP contribution in [0.2, 0.25) is 0 Å². The van der Waals surface area contributed by atoms with Gasteiger partial charge in [-0.25, -0.2) is 0 Å². The molecule has 7 nitrogen and oxygen atoms in total. The number of nitrogens with one attached hydrogen (secondary N) is 1. The lowest BCUT2D eigenvalue weighted by Crippen LogP contribution is -2.70. The normalized spacial score (nSPS) is 19.3. The maximum atomic E-state index is 13.0. The van der Waals surface area contributed by atoms with Crippen LogP contribution >= 0.6 is 47.5 Å². The SMILES string of the molecule is C[N+](C)(C/C=C/C1=C(C(=O)Cl)N2C(=O)[C@@H](NC(=O)CSc3ccc4ccccc4c3)[C@H]2SC1)CCCN.Cl. The molecule has 3 N–H and O–H groups in total. The number of carbonyl (C=O) groups excluding carboxylic acids is 3. The molecule has 0 aromatic heterocycles. The Hall–Kier alpha value is -2.01. The molecule has 0 radical (unpaired) electrons. The Morgan fingerprint density at radius 3 is 2.68 bits per heavy atom. The number of benzene rings is 2. The lowest BCUT2D eigenvalue weighted by atomic mass is 10.0. The molecule has 2 heterocycles. The molecule has 2 amide bonds. The number of hydrogen-bond acceptors (Lipinski definition) is 6. The van der Waals surface area contributed by atoms with Crippen LogP contribution in [-0.2, 0) is 14.4 Å². The van der Waals surface area contributed by atoms with E-state index in [0.717, 1.165) is 45.2 Å². The van der Waals surface area contributed by atoms with Crippen LogP contribution in [0.15, 0.2) is 70.8 Å². The first-order valence-corrected chi connectivity index (χ1v) is 14.6. The summed E-state index contributed by atoms with van der Waals surface area (Å²) in [5.41, 5.74) is 6.57. The molecule has 4 rings (SSSR count). The number of β-lactam (4-membered cyclic amide) rings is 1. The quantitative estimate of drug-likeness (QED) is 0.178. The maximum Gasteiger partial charge on any atom is 0.269 e. The predicted octanol–water partition coefficient (Wildman–Crippen LogP) is 3.75. The van der Waals surface area contributed by atoms with Crippen molar-refractivity contribution >= 4 is 75.4 Å². The average molecular weight is 597 g/mol. The molecule has 0 saturated carbocycles. The molecule has 0 unspecified atom stereocenters. The third-order valence-corrected chi connectivity index (χ3v) is 8.95. The van der Waals surface area contributed by atoms with Crippen LogP contribution in [0.5, 0.6) is 0 Å². The highest BCUT2D eigenvalue weighted by Crippen LogP contribution is 2.41. The number of rotatable bonds is 11. The number of hydrogen-bond donors (Lipinski definition) is 2. The zero-order chi connectivity index (χ0) is 26.6. The molecule has 0 aliphatic carbocycles. The van der Waals surface area contributed by atoms with Gasteiger partial charge in [-0.2, -0.15) is 0 Å². The maximum absolute atomic E-state index is 13.0. The summed E-state index contributed by atoms with van der Waals surface area (Å²) in [6, 6.07) is 13.5. The van der Waals surface area contributed by atoms with Crippen molar-refractivity contribution in [2.24, 2.45) is 5.73 Å². The Balaban J connectivity index is 0.00000400. The van der Waals surface area contributed by atoms with Crippen molar-refractivity contribution in [1.29, 1.82) is 0 Å². The third-order valence-electron chi connectivity index (χ3n) is 6.48. The van der Waals surface area contributed by atoms with Crippen LogP contribution in [0.3, 0.4) is 0 Å². The van der Waals surface area contributed by atoms with Crippen LogP contribution in [0.25, 0.3) is 10.8 Å². The molecule has 204 valence electrons. The fourth-order valence-electron chi connectivity index (χ4n) is 4.46. The van der Waals surface area contributed by atoms with Gasteiger partial charge in [0.2, 0.25) is 5.91 Å². The van der Waals surface area contributed by atoms with E-state index in [4.69, 9.17) is 17.3 Å². The first-order valence-electron chi connectivity index (χ1n) is 12.2. The number of fused-ring (bicyclic) bond motifs is 2. The largest absolute Gasteiger partial charge is 0.341 e. The number of likely N-dealkylation sites (N-methyl/N-ethyl adjacent to an activating group) is 1. The summed E-state index contributed by atoms with van der Waals surface area (Å²) in [6.45, 7) is 2.36. The minimum Gasteiger partial charge on any atom is -0.341 e. The van der Waals surface area contributed by atoms with Crippen LogP contribution in [0.4, 0.5) is 0 Å². The number of quaternary nitrogens is 1. The second kappa shape index (κ2) is 13.4. The van der Waals surface area contributed by atoms with Gasteiger partial charge in [0.05, 0.1) is 32.9 Å². The number of allylic oxidation sites excluding steroid dienone is 2. The molecule has 2 aromatic carbocycles. The summed E-state index contributed by atoms with van der Waals surface area (Å²) in [5.74, 6) is 0.202. The summed E-state index contributed by atoms with van der Waals surface area (Å²) in [6.07, 6.45) is 4.84. The minimum absolute atomic E-state index is 0. The van der Waals surface area contributed by atoms with Gasteiger partial charge in [0, 0.05) is 17.1 Å². The van der Waals surface area contributed by atoms with Crippen molar-refractivity contribution in [3.63, 3.8) is 0 Å². The topological polar surface area (TPSA) is 92.5 Å². The Morgan fingerprint density at radius 1 is 1.24 bits per heavy atom. The first-order chi connectivity index (χ1) is 17.7. The number of thioether (sulfide) groups is 2. The monoisotopic (exact) mass is 595 g/mol. The van der Waals surface area contributed by atoms with Gasteiger partial charge in [0.15, 0.2) is 0 Å². The van der Waals surface area contributed by atoms with Crippen molar-refractivity contribution in [2.75, 3.05) is 45.2 Å². The van der Waals surface area contributed by atoms with Crippen molar-refractivity contribution in [2.45, 2.75) is 22.7 Å². The highest BCUT2D eigenvalue weighted by Gasteiger charge is 2.53. The zero-order valence-corrected chi connectivity index (χ0v) is 24.6. The van der Waals surface area contributed by atoms with Crippen molar-refractivity contribution < 1.29 is 18.9 Å². The number of amides is 2. The standard InChI is InChI=1S/C27H31ClN4O3S2.ClH/c1-32(2,14-6-12-29)13-5-9-20-16-37-27-23(26(35)31(27)24(20)25(28)34)30-22(33)17-36-21-11-10-18-7-3-4-8-19(18)15-21;/h3-5,7-11,15,23,27H,6,12-14,16-17,29H2,1-2H3;1H/p+1/b9-5+;/t23-,27-;/m1./s1. The summed E-state index contributed by atoms with van der Waals surface area (Å²) in [7, 11) is 4.25. The Labute approximate surface area is 243 Å². The van der Waals surface area contributed by atoms with Gasteiger partial charge in [0.25, 0.3) is 11.1 Å². The third kappa shape index (κ3) is 7.14. The highest BCUT2D eigenvalue weighted by molar-refractivity contribution is 8.00. The zero-order valence-electron chi connectivity index (χ0n) is 21.4. The molecule has 2 aliphatic heterocycles. The fraction of sp³-hybridized carbons (Fsp3) is 0.370. The molecule has 2 atom stereocenters. The molecule has 1 saturated heterocycles. The average Bonchev–Trinajstić information content (AvgIpc) is 2.88. The summed E-state index contributed by atoms with van der Waals surface area (Å²) >= 11 is 8.87. The van der Waals surface area contributed by atoms with Gasteiger partial charge in [-0.05, 0) is 52.7 Å². The van der Waals surface area contributed by atoms with Crippen LogP contribution in [-0.4, -0.2) is 83.1 Å². The molecule has 11 heteroatoms. The van der Waals surface area contributed by atoms with Crippen LogP contribution in [0, 0.1) is 0 Å². The minimum atomic E-state index is -0.668. The van der Waals surface area contributed by atoms with Gasteiger partial charge < -0.3 is 15.5 Å². The van der Waals surface area contributed by atoms with E-state index < -0.39 is 11.3 Å². The lowest BCUT2D eigenvalue weighted by Gasteiger charge is -2.49. The van der Waals surface area contributed by atoms with Gasteiger partial charge >= 0.3 is 0 Å². The van der Waals surface area contributed by atoms with E-state index in [2.05, 4.69) is 25.5 Å². The van der Waals surface area contributed by atoms with Gasteiger partial charge in [-0.15, -0.1) is 35.9 Å². The van der Waals surface area contributed by atoms with Crippen molar-refractivity contribution in [1.82, 2.24) is 10.2 Å². The van der Waals surface area contributed by atoms with E-state index in [1.165, 1.54) is 28.4 Å². The number of carbonyl (C=O) groups is 3. The van der Waals surface area contributed by atoms with E-state index in [1.54, 1.807) is 0 Å². The Kier molecular flexibility index (Phi) is 10.7. The number of nitrogens with zero attached hydrogens (tertiary/aromatic N) is 2. The molecular weight excluding hydrogens is 563 g/mol. The fourth-order valence-corrected chi connectivity index (χ4v) is 6.75. The van der Waals surface area contributed by atoms with E-state index in [-0.39, 0.29) is 41.0 Å². The second-order valence-corrected chi connectivity index (χ2v) is 12.3. The van der Waals surface area contributed by atoms with Gasteiger partial charge in [0.1, 0.15) is 17.1 Å². The highest BCUT2D eigenvalue weighted by atomic mass is 35.5. The molecule has 0 bridgehead atoms. The Bertz CT molecular complexity index is 1270. The predicted molar refractivity (Wildman–Crippen MR) is 159 cm³/mol. The number of nitrogens with two attached hydrogens (primary N) is 1. The molecule has 38 heavy (non-hydrogen) atoms.